The van der Waals surface area contributed by atoms with Crippen molar-refractivity contribution in [2.24, 2.45) is 0 Å². The van der Waals surface area contributed by atoms with Gasteiger partial charge in [-0.2, -0.15) is 18.3 Å². The van der Waals surface area contributed by atoms with E-state index in [9.17, 15) is 26.7 Å². The molecule has 11 heteroatoms. The maximum Gasteiger partial charge on any atom is 0.422 e. The Balaban J connectivity index is 1.51. The predicted octanol–water partition coefficient (Wildman–Crippen LogP) is 4.62. The van der Waals surface area contributed by atoms with Crippen LogP contribution >= 0.6 is 0 Å². The van der Waals surface area contributed by atoms with Crippen molar-refractivity contribution in [3.8, 4) is 11.4 Å². The number of aromatic nitrogens is 3. The lowest BCUT2D eigenvalue weighted by atomic mass is 9.82. The van der Waals surface area contributed by atoms with Crippen LogP contribution in [0.5, 0.6) is 5.75 Å². The molecule has 0 aliphatic heterocycles. The molecule has 1 fully saturated rings. The molecule has 1 aliphatic rings. The van der Waals surface area contributed by atoms with Crippen molar-refractivity contribution in [2.75, 3.05) is 11.9 Å². The molecule has 1 saturated carbocycles. The molecule has 6 nitrogen and oxygen atoms in total. The van der Waals surface area contributed by atoms with Gasteiger partial charge in [-0.3, -0.25) is 14.0 Å². The molecular formula is C22H21F5N4O2. The van der Waals surface area contributed by atoms with Crippen LogP contribution in [0, 0.1) is 5.82 Å². The monoisotopic (exact) mass is 468 g/mol. The molecule has 0 spiro atoms. The number of ether oxygens (including phenoxy) is 1. The second-order valence-corrected chi connectivity index (χ2v) is 8.01. The van der Waals surface area contributed by atoms with E-state index in [0.29, 0.717) is 24.1 Å². The molecule has 2 aromatic heterocycles. The summed E-state index contributed by atoms with van der Waals surface area (Å²) in [5.41, 5.74) is -0.870. The third-order valence-corrected chi connectivity index (χ3v) is 5.41. The highest BCUT2D eigenvalue weighted by molar-refractivity contribution is 5.48. The van der Waals surface area contributed by atoms with E-state index in [4.69, 9.17) is 4.74 Å². The fourth-order valence-electron chi connectivity index (χ4n) is 3.57. The fourth-order valence-corrected chi connectivity index (χ4v) is 3.57. The fraction of sp³-hybridized carbons (Fsp3) is 0.364. The second-order valence-electron chi connectivity index (χ2n) is 8.01. The number of pyridine rings is 1. The lowest BCUT2D eigenvalue weighted by Gasteiger charge is -2.33. The summed E-state index contributed by atoms with van der Waals surface area (Å²) in [4.78, 5) is 12.9. The molecule has 3 aromatic rings. The number of hydrogen-bond donors (Lipinski definition) is 1. The van der Waals surface area contributed by atoms with Crippen molar-refractivity contribution in [2.45, 2.75) is 44.2 Å². The summed E-state index contributed by atoms with van der Waals surface area (Å²) in [5, 5.41) is 7.16. The van der Waals surface area contributed by atoms with Gasteiger partial charge in [0.25, 0.3) is 5.56 Å². The zero-order chi connectivity index (χ0) is 23.6. The Labute approximate surface area is 185 Å². The van der Waals surface area contributed by atoms with Crippen LogP contribution in [0.25, 0.3) is 5.69 Å². The summed E-state index contributed by atoms with van der Waals surface area (Å²) in [6.07, 6.45) is 1.79. The lowest BCUT2D eigenvalue weighted by Crippen LogP contribution is -2.36. The molecule has 1 aliphatic carbocycles. The molecule has 1 N–H and O–H groups in total. The number of halogens is 5. The van der Waals surface area contributed by atoms with Crippen LogP contribution in [-0.2, 0) is 13.1 Å². The Morgan fingerprint density at radius 2 is 2.00 bits per heavy atom. The van der Waals surface area contributed by atoms with Crippen molar-refractivity contribution >= 4 is 5.69 Å². The Bertz CT molecular complexity index is 1180. The van der Waals surface area contributed by atoms with Crippen LogP contribution < -0.4 is 15.6 Å². The zero-order valence-electron chi connectivity index (χ0n) is 17.4. The zero-order valence-corrected chi connectivity index (χ0v) is 17.4. The highest BCUT2D eigenvalue weighted by atomic mass is 19.4. The third kappa shape index (κ3) is 5.52. The Kier molecular flexibility index (Phi) is 6.13. The SMILES string of the molecule is O=c1c(CNc2cnn(CC3(F)CCC3)c2)cccn1-c1ccc(F)cc1OCC(F)(F)F. The molecule has 0 radical (unpaired) electrons. The lowest BCUT2D eigenvalue weighted by molar-refractivity contribution is -0.153. The smallest absolute Gasteiger partial charge is 0.422 e. The van der Waals surface area contributed by atoms with E-state index < -0.39 is 35.6 Å². The quantitative estimate of drug-likeness (QED) is 0.491. The first-order valence-electron chi connectivity index (χ1n) is 10.3. The standard InChI is InChI=1S/C22H21F5N4O2/c23-16-4-5-18(19(9-16)33-14-22(25,26)27)31-8-1-3-15(20(31)32)10-28-17-11-29-30(12-17)13-21(24)6-2-7-21/h1,3-5,8-9,11-12,28H,2,6-7,10,13-14H2. The number of hydrogen-bond acceptors (Lipinski definition) is 4. The van der Waals surface area contributed by atoms with Gasteiger partial charge in [-0.15, -0.1) is 0 Å². The minimum absolute atomic E-state index is 0.0194. The van der Waals surface area contributed by atoms with E-state index in [2.05, 4.69) is 10.4 Å². The van der Waals surface area contributed by atoms with Crippen molar-refractivity contribution in [1.29, 1.82) is 0 Å². The molecule has 33 heavy (non-hydrogen) atoms. The second kappa shape index (κ2) is 8.87. The minimum atomic E-state index is -4.62. The number of nitrogens with zero attached hydrogens (tertiary/aromatic N) is 3. The molecule has 0 bridgehead atoms. The number of rotatable bonds is 8. The van der Waals surface area contributed by atoms with Gasteiger partial charge in [-0.1, -0.05) is 6.07 Å². The highest BCUT2D eigenvalue weighted by Gasteiger charge is 2.37. The van der Waals surface area contributed by atoms with Crippen molar-refractivity contribution in [1.82, 2.24) is 14.3 Å². The van der Waals surface area contributed by atoms with Gasteiger partial charge in [-0.05, 0) is 37.5 Å². The van der Waals surface area contributed by atoms with E-state index >= 15 is 0 Å². The Morgan fingerprint density at radius 3 is 2.70 bits per heavy atom. The Morgan fingerprint density at radius 1 is 1.21 bits per heavy atom. The van der Waals surface area contributed by atoms with Crippen LogP contribution in [0.3, 0.4) is 0 Å². The topological polar surface area (TPSA) is 61.1 Å². The molecule has 0 unspecified atom stereocenters. The van der Waals surface area contributed by atoms with E-state index in [-0.39, 0.29) is 18.8 Å². The first-order chi connectivity index (χ1) is 15.6. The van der Waals surface area contributed by atoms with Gasteiger partial charge in [0.1, 0.15) is 17.2 Å². The normalized spacial score (nSPS) is 15.2. The number of alkyl halides is 4. The van der Waals surface area contributed by atoms with Crippen LogP contribution in [0.2, 0.25) is 0 Å². The number of anilines is 1. The van der Waals surface area contributed by atoms with Gasteiger partial charge >= 0.3 is 6.18 Å². The van der Waals surface area contributed by atoms with E-state index in [1.807, 2.05) is 0 Å². The molecule has 0 saturated heterocycles. The largest absolute Gasteiger partial charge is 0.482 e. The first-order valence-corrected chi connectivity index (χ1v) is 10.3. The summed E-state index contributed by atoms with van der Waals surface area (Å²) < 4.78 is 72.9. The van der Waals surface area contributed by atoms with E-state index in [0.717, 1.165) is 23.1 Å². The maximum absolute atomic E-state index is 14.3. The van der Waals surface area contributed by atoms with E-state index in [1.54, 1.807) is 18.3 Å². The predicted molar refractivity (Wildman–Crippen MR) is 111 cm³/mol. The highest BCUT2D eigenvalue weighted by Crippen LogP contribution is 2.37. The maximum atomic E-state index is 14.3. The molecule has 0 amide bonds. The summed E-state index contributed by atoms with van der Waals surface area (Å²) >= 11 is 0. The van der Waals surface area contributed by atoms with Gasteiger partial charge in [0.2, 0.25) is 0 Å². The van der Waals surface area contributed by atoms with E-state index in [1.165, 1.54) is 23.1 Å². The summed E-state index contributed by atoms with van der Waals surface area (Å²) in [7, 11) is 0. The molecule has 176 valence electrons. The Hall–Kier alpha value is -3.37. The molecule has 0 atom stereocenters. The molecule has 2 heterocycles. The van der Waals surface area contributed by atoms with Crippen LogP contribution in [0.4, 0.5) is 27.6 Å². The van der Waals surface area contributed by atoms with Gasteiger partial charge in [0, 0.05) is 30.6 Å². The number of benzene rings is 1. The van der Waals surface area contributed by atoms with Gasteiger partial charge < -0.3 is 10.1 Å². The van der Waals surface area contributed by atoms with Crippen molar-refractivity contribution < 1.29 is 26.7 Å². The van der Waals surface area contributed by atoms with Gasteiger partial charge in [0.05, 0.1) is 24.1 Å². The summed E-state index contributed by atoms with van der Waals surface area (Å²) in [5.74, 6) is -1.20. The molecular weight excluding hydrogens is 447 g/mol. The summed E-state index contributed by atoms with van der Waals surface area (Å²) in [6.45, 7) is -1.37. The number of nitrogens with one attached hydrogen (secondary N) is 1. The van der Waals surface area contributed by atoms with Crippen molar-refractivity contribution in [3.63, 3.8) is 0 Å². The third-order valence-electron chi connectivity index (χ3n) is 5.41. The van der Waals surface area contributed by atoms with Gasteiger partial charge in [0.15, 0.2) is 6.61 Å². The minimum Gasteiger partial charge on any atom is -0.482 e. The van der Waals surface area contributed by atoms with Crippen LogP contribution in [0.15, 0.2) is 53.7 Å². The molecule has 1 aromatic carbocycles. The van der Waals surface area contributed by atoms with Crippen molar-refractivity contribution in [3.05, 3.63) is 70.7 Å². The van der Waals surface area contributed by atoms with Gasteiger partial charge in [-0.25, -0.2) is 8.78 Å². The average Bonchev–Trinajstić information content (AvgIpc) is 3.17. The summed E-state index contributed by atoms with van der Waals surface area (Å²) in [6, 6.07) is 6.11. The average molecular weight is 468 g/mol. The first kappa shape index (κ1) is 22.8. The molecule has 4 rings (SSSR count). The van der Waals surface area contributed by atoms with Crippen LogP contribution in [0.1, 0.15) is 24.8 Å². The van der Waals surface area contributed by atoms with Crippen LogP contribution in [-0.4, -0.2) is 32.8 Å².